The number of allylic oxidation sites excluding steroid dienone is 2. The summed E-state index contributed by atoms with van der Waals surface area (Å²) in [7, 11) is 0. The van der Waals surface area contributed by atoms with Gasteiger partial charge in [0.1, 0.15) is 0 Å². The number of rotatable bonds is 4. The first-order chi connectivity index (χ1) is 4.31. The summed E-state index contributed by atoms with van der Waals surface area (Å²) in [4.78, 5) is 1.23. The summed E-state index contributed by atoms with van der Waals surface area (Å²) in [6.07, 6.45) is 7.15. The highest BCUT2D eigenvalue weighted by molar-refractivity contribution is 7.84. The number of thiol groups is 1. The van der Waals surface area contributed by atoms with Crippen molar-refractivity contribution < 1.29 is 0 Å². The van der Waals surface area contributed by atoms with Crippen LogP contribution in [0.4, 0.5) is 0 Å². The number of unbranched alkanes of at least 4 members (excludes halogenated alkanes) is 2. The third kappa shape index (κ3) is 5.97. The van der Waals surface area contributed by atoms with Crippen molar-refractivity contribution >= 4 is 12.6 Å². The van der Waals surface area contributed by atoms with E-state index < -0.39 is 0 Å². The molecule has 0 aliphatic carbocycles. The maximum absolute atomic E-state index is 4.26. The van der Waals surface area contributed by atoms with Gasteiger partial charge in [-0.05, 0) is 24.7 Å². The molecule has 0 aliphatic rings. The predicted molar refractivity (Wildman–Crippen MR) is 46.9 cm³/mol. The Hall–Kier alpha value is 0.0900. The molecule has 0 nitrogen and oxygen atoms in total. The van der Waals surface area contributed by atoms with Crippen molar-refractivity contribution in [2.24, 2.45) is 0 Å². The third-order valence-corrected chi connectivity index (χ3v) is 1.85. The Kier molecular flexibility index (Phi) is 6.28. The molecule has 9 heavy (non-hydrogen) atoms. The van der Waals surface area contributed by atoms with Crippen LogP contribution < -0.4 is 0 Å². The van der Waals surface area contributed by atoms with Gasteiger partial charge in [0.15, 0.2) is 0 Å². The standard InChI is InChI=1S/C8H16S/c1-3-5-6-7-8(9)4-2/h4,9H,3,5-7H2,1-2H3. The van der Waals surface area contributed by atoms with E-state index in [0.29, 0.717) is 0 Å². The second kappa shape index (κ2) is 6.21. The van der Waals surface area contributed by atoms with Gasteiger partial charge in [-0.15, -0.1) is 12.6 Å². The molecule has 0 N–H and O–H groups in total. The lowest BCUT2D eigenvalue weighted by Gasteiger charge is -1.96. The van der Waals surface area contributed by atoms with Crippen molar-refractivity contribution in [3.05, 3.63) is 11.0 Å². The van der Waals surface area contributed by atoms with E-state index in [4.69, 9.17) is 0 Å². The number of hydrogen-bond donors (Lipinski definition) is 1. The fourth-order valence-electron chi connectivity index (χ4n) is 0.700. The minimum Gasteiger partial charge on any atom is -0.148 e. The second-order valence-corrected chi connectivity index (χ2v) is 2.81. The summed E-state index contributed by atoms with van der Waals surface area (Å²) in [6, 6.07) is 0. The smallest absolute Gasteiger partial charge is 0.0224 e. The molecule has 0 unspecified atom stereocenters. The normalized spacial score (nSPS) is 12.1. The Balaban J connectivity index is 3.07. The Morgan fingerprint density at radius 2 is 2.11 bits per heavy atom. The van der Waals surface area contributed by atoms with Gasteiger partial charge in [-0.2, -0.15) is 0 Å². The first kappa shape index (κ1) is 9.09. The van der Waals surface area contributed by atoms with Crippen LogP contribution in [0.5, 0.6) is 0 Å². The lowest BCUT2D eigenvalue weighted by molar-refractivity contribution is 0.725. The van der Waals surface area contributed by atoms with Gasteiger partial charge in [0.25, 0.3) is 0 Å². The average molecular weight is 144 g/mol. The maximum Gasteiger partial charge on any atom is -0.0224 e. The summed E-state index contributed by atoms with van der Waals surface area (Å²) in [6.45, 7) is 4.25. The largest absolute Gasteiger partial charge is 0.148 e. The summed E-state index contributed by atoms with van der Waals surface area (Å²) in [5, 5.41) is 0. The average Bonchev–Trinajstić information content (AvgIpc) is 1.89. The highest BCUT2D eigenvalue weighted by Crippen LogP contribution is 2.11. The quantitative estimate of drug-likeness (QED) is 0.454. The maximum atomic E-state index is 4.26. The van der Waals surface area contributed by atoms with Crippen molar-refractivity contribution in [1.29, 1.82) is 0 Å². The van der Waals surface area contributed by atoms with Crippen LogP contribution in [0.3, 0.4) is 0 Å². The number of hydrogen-bond acceptors (Lipinski definition) is 1. The molecule has 0 radical (unpaired) electrons. The molecule has 0 heterocycles. The molecular formula is C8H16S. The molecule has 0 saturated carbocycles. The van der Waals surface area contributed by atoms with Crippen LogP contribution in [0, 0.1) is 0 Å². The van der Waals surface area contributed by atoms with Gasteiger partial charge < -0.3 is 0 Å². The Morgan fingerprint density at radius 3 is 2.56 bits per heavy atom. The minimum atomic E-state index is 1.16. The van der Waals surface area contributed by atoms with Crippen molar-refractivity contribution in [1.82, 2.24) is 0 Å². The fraction of sp³-hybridized carbons (Fsp3) is 0.750. The highest BCUT2D eigenvalue weighted by atomic mass is 32.1. The molecule has 0 aromatic carbocycles. The van der Waals surface area contributed by atoms with Crippen LogP contribution in [-0.4, -0.2) is 0 Å². The second-order valence-electron chi connectivity index (χ2n) is 2.24. The topological polar surface area (TPSA) is 0 Å². The molecule has 0 saturated heterocycles. The van der Waals surface area contributed by atoms with Gasteiger partial charge in [0.2, 0.25) is 0 Å². The first-order valence-electron chi connectivity index (χ1n) is 3.65. The van der Waals surface area contributed by atoms with E-state index in [-0.39, 0.29) is 0 Å². The van der Waals surface area contributed by atoms with Crippen LogP contribution in [0.1, 0.15) is 39.5 Å². The van der Waals surface area contributed by atoms with Crippen molar-refractivity contribution in [2.45, 2.75) is 39.5 Å². The molecule has 0 aliphatic heterocycles. The van der Waals surface area contributed by atoms with E-state index in [2.05, 4.69) is 25.6 Å². The summed E-state index contributed by atoms with van der Waals surface area (Å²) in [5.41, 5.74) is 0. The van der Waals surface area contributed by atoms with Crippen molar-refractivity contribution in [2.75, 3.05) is 0 Å². The van der Waals surface area contributed by atoms with Crippen LogP contribution >= 0.6 is 12.6 Å². The molecule has 0 amide bonds. The zero-order valence-corrected chi connectivity index (χ0v) is 7.25. The zero-order chi connectivity index (χ0) is 7.11. The van der Waals surface area contributed by atoms with E-state index in [1.54, 1.807) is 0 Å². The molecule has 0 atom stereocenters. The monoisotopic (exact) mass is 144 g/mol. The van der Waals surface area contributed by atoms with Gasteiger partial charge in [0.05, 0.1) is 0 Å². The fourth-order valence-corrected chi connectivity index (χ4v) is 0.859. The molecule has 1 heteroatoms. The zero-order valence-electron chi connectivity index (χ0n) is 6.35. The Labute approximate surface area is 63.8 Å². The Bertz CT molecular complexity index is 84.6. The summed E-state index contributed by atoms with van der Waals surface area (Å²) >= 11 is 4.26. The van der Waals surface area contributed by atoms with E-state index in [0.717, 1.165) is 6.42 Å². The van der Waals surface area contributed by atoms with E-state index >= 15 is 0 Å². The van der Waals surface area contributed by atoms with Crippen LogP contribution in [0.15, 0.2) is 11.0 Å². The third-order valence-electron chi connectivity index (χ3n) is 1.37. The van der Waals surface area contributed by atoms with E-state index in [1.807, 2.05) is 6.92 Å². The minimum absolute atomic E-state index is 1.16. The van der Waals surface area contributed by atoms with Gasteiger partial charge in [-0.1, -0.05) is 25.8 Å². The van der Waals surface area contributed by atoms with Crippen molar-refractivity contribution in [3.63, 3.8) is 0 Å². The molecule has 0 fully saturated rings. The summed E-state index contributed by atoms with van der Waals surface area (Å²) in [5.74, 6) is 0. The van der Waals surface area contributed by atoms with Crippen LogP contribution in [0.2, 0.25) is 0 Å². The van der Waals surface area contributed by atoms with Gasteiger partial charge >= 0.3 is 0 Å². The molecule has 0 aromatic rings. The van der Waals surface area contributed by atoms with Gasteiger partial charge in [-0.3, -0.25) is 0 Å². The molecule has 0 spiro atoms. The molecule has 0 aromatic heterocycles. The SMILES string of the molecule is CC=C(S)CCCCC. The molecular weight excluding hydrogens is 128 g/mol. The highest BCUT2D eigenvalue weighted by Gasteiger charge is 1.87. The predicted octanol–water partition coefficient (Wildman–Crippen LogP) is 3.40. The van der Waals surface area contributed by atoms with E-state index in [9.17, 15) is 0 Å². The Morgan fingerprint density at radius 1 is 1.44 bits per heavy atom. The van der Waals surface area contributed by atoms with Crippen LogP contribution in [-0.2, 0) is 0 Å². The molecule has 0 rings (SSSR count). The van der Waals surface area contributed by atoms with Gasteiger partial charge in [-0.25, -0.2) is 0 Å². The lowest BCUT2D eigenvalue weighted by atomic mass is 10.2. The van der Waals surface area contributed by atoms with Crippen LogP contribution in [0.25, 0.3) is 0 Å². The lowest BCUT2D eigenvalue weighted by Crippen LogP contribution is -1.74. The molecule has 0 bridgehead atoms. The van der Waals surface area contributed by atoms with Crippen molar-refractivity contribution in [3.8, 4) is 0 Å². The first-order valence-corrected chi connectivity index (χ1v) is 4.10. The van der Waals surface area contributed by atoms with Gasteiger partial charge in [0, 0.05) is 0 Å². The van der Waals surface area contributed by atoms with E-state index in [1.165, 1.54) is 24.2 Å². The molecule has 54 valence electrons. The summed E-state index contributed by atoms with van der Waals surface area (Å²) < 4.78 is 0.